The SMILES string of the molecule is CC(c1cccs1)C(F)(F)C(F)(F)C(F)(F)C(F)(F)C(F)(F)C(F)(F)C(F)(F)C(F)(F)C(F)(F)C(F)(F)F. The fourth-order valence-corrected chi connectivity index (χ4v) is 3.38. The van der Waals surface area contributed by atoms with Crippen molar-refractivity contribution in [3.8, 4) is 0 Å². The molecule has 0 N–H and O–H groups in total. The molecular formula is C16H7F21S. The number of alkyl halides is 21. The van der Waals surface area contributed by atoms with Crippen molar-refractivity contribution in [2.75, 3.05) is 0 Å². The fraction of sp³-hybridized carbons (Fsp3) is 0.750. The predicted octanol–water partition coefficient (Wildman–Crippen LogP) is 9.13. The van der Waals surface area contributed by atoms with Crippen LogP contribution in [-0.4, -0.2) is 59.5 Å². The van der Waals surface area contributed by atoms with E-state index in [-0.39, 0.29) is 18.3 Å². The largest absolute Gasteiger partial charge is 0.460 e. The van der Waals surface area contributed by atoms with Crippen LogP contribution < -0.4 is 0 Å². The van der Waals surface area contributed by atoms with Crippen molar-refractivity contribution in [2.45, 2.75) is 72.3 Å². The van der Waals surface area contributed by atoms with Gasteiger partial charge in [0, 0.05) is 4.88 Å². The lowest BCUT2D eigenvalue weighted by atomic mass is 9.84. The molecule has 0 aliphatic carbocycles. The van der Waals surface area contributed by atoms with E-state index in [0.29, 0.717) is 6.07 Å². The van der Waals surface area contributed by atoms with Crippen molar-refractivity contribution in [3.63, 3.8) is 0 Å². The molecule has 1 heterocycles. The highest BCUT2D eigenvalue weighted by Crippen LogP contribution is 2.67. The second-order valence-corrected chi connectivity index (χ2v) is 8.43. The molecule has 1 atom stereocenters. The average molecular weight is 630 g/mol. The molecule has 0 fully saturated rings. The van der Waals surface area contributed by atoms with Crippen LogP contribution in [0.5, 0.6) is 0 Å². The summed E-state index contributed by atoms with van der Waals surface area (Å²) >= 11 is 0.0529. The first-order valence-electron chi connectivity index (χ1n) is 8.77. The number of hydrogen-bond donors (Lipinski definition) is 0. The van der Waals surface area contributed by atoms with E-state index in [9.17, 15) is 92.2 Å². The number of thiophene rings is 1. The summed E-state index contributed by atoms with van der Waals surface area (Å²) < 4.78 is 280. The van der Waals surface area contributed by atoms with Crippen LogP contribution in [0.1, 0.15) is 17.7 Å². The summed E-state index contributed by atoms with van der Waals surface area (Å²) in [5.74, 6) is -80.0. The van der Waals surface area contributed by atoms with Gasteiger partial charge in [-0.25, -0.2) is 0 Å². The van der Waals surface area contributed by atoms with Crippen LogP contribution in [0, 0.1) is 0 Å². The Morgan fingerprint density at radius 3 is 1.03 bits per heavy atom. The Labute approximate surface area is 199 Å². The highest BCUT2D eigenvalue weighted by atomic mass is 32.1. The highest BCUT2D eigenvalue weighted by Gasteiger charge is 2.98. The molecule has 22 heteroatoms. The summed E-state index contributed by atoms with van der Waals surface area (Å²) in [6.45, 7) is -0.103. The van der Waals surface area contributed by atoms with Crippen LogP contribution in [-0.2, 0) is 0 Å². The Balaban J connectivity index is 3.78. The fourth-order valence-electron chi connectivity index (χ4n) is 2.56. The molecule has 1 aromatic heterocycles. The van der Waals surface area contributed by atoms with Crippen LogP contribution >= 0.6 is 11.3 Å². The van der Waals surface area contributed by atoms with Gasteiger partial charge >= 0.3 is 59.5 Å². The molecule has 0 amide bonds. The third-order valence-electron chi connectivity index (χ3n) is 5.05. The number of hydrogen-bond acceptors (Lipinski definition) is 1. The lowest BCUT2D eigenvalue weighted by Gasteiger charge is -2.45. The Morgan fingerprint density at radius 2 is 0.763 bits per heavy atom. The second-order valence-electron chi connectivity index (χ2n) is 7.45. The first-order chi connectivity index (χ1) is 16.3. The average Bonchev–Trinajstić information content (AvgIpc) is 3.25. The minimum Gasteiger partial charge on any atom is -0.199 e. The summed E-state index contributed by atoms with van der Waals surface area (Å²) in [7, 11) is 0. The normalized spacial score (nSPS) is 17.1. The molecule has 0 aromatic carbocycles. The zero-order chi connectivity index (χ0) is 31.0. The first-order valence-corrected chi connectivity index (χ1v) is 9.65. The molecule has 0 saturated carbocycles. The molecule has 224 valence electrons. The number of halogens is 21. The van der Waals surface area contributed by atoms with Gasteiger partial charge in [0.25, 0.3) is 0 Å². The maximum Gasteiger partial charge on any atom is 0.460 e. The molecule has 0 nitrogen and oxygen atoms in total. The summed E-state index contributed by atoms with van der Waals surface area (Å²) in [6, 6.07) is 1.26. The lowest BCUT2D eigenvalue weighted by molar-refractivity contribution is -0.474. The Kier molecular flexibility index (Phi) is 7.99. The van der Waals surface area contributed by atoms with Gasteiger partial charge in [0.15, 0.2) is 0 Å². The van der Waals surface area contributed by atoms with Crippen LogP contribution in [0.3, 0.4) is 0 Å². The molecule has 1 aromatic rings. The molecule has 0 bridgehead atoms. The van der Waals surface area contributed by atoms with Crippen LogP contribution in [0.25, 0.3) is 0 Å². The zero-order valence-corrected chi connectivity index (χ0v) is 18.0. The van der Waals surface area contributed by atoms with E-state index in [1.807, 2.05) is 0 Å². The molecule has 0 radical (unpaired) electrons. The minimum atomic E-state index is -9.16. The molecule has 0 spiro atoms. The van der Waals surface area contributed by atoms with E-state index >= 15 is 0 Å². The maximum absolute atomic E-state index is 14.1. The van der Waals surface area contributed by atoms with Crippen molar-refractivity contribution < 1.29 is 92.2 Å². The van der Waals surface area contributed by atoms with Crippen molar-refractivity contribution in [1.29, 1.82) is 0 Å². The molecule has 38 heavy (non-hydrogen) atoms. The van der Waals surface area contributed by atoms with E-state index in [1.54, 1.807) is 0 Å². The van der Waals surface area contributed by atoms with E-state index in [2.05, 4.69) is 0 Å². The quantitative estimate of drug-likeness (QED) is 0.226. The molecule has 1 unspecified atom stereocenters. The van der Waals surface area contributed by atoms with E-state index in [4.69, 9.17) is 0 Å². The lowest BCUT2D eigenvalue weighted by Crippen LogP contribution is -2.77. The summed E-state index contributed by atoms with van der Waals surface area (Å²) in [5, 5.41) is 0.806. The molecule has 1 rings (SSSR count). The van der Waals surface area contributed by atoms with Gasteiger partial charge in [0.05, 0.1) is 5.92 Å². The van der Waals surface area contributed by atoms with Gasteiger partial charge in [-0.3, -0.25) is 0 Å². The predicted molar refractivity (Wildman–Crippen MR) is 83.3 cm³/mol. The van der Waals surface area contributed by atoms with Gasteiger partial charge in [-0.1, -0.05) is 13.0 Å². The Hall–Kier alpha value is -1.77. The van der Waals surface area contributed by atoms with Crippen molar-refractivity contribution in [2.24, 2.45) is 0 Å². The standard InChI is InChI=1S/C16H7F21S/c1-5(6-3-2-4-38-6)7(17,18)8(19,20)9(21,22)10(23,24)11(25,26)12(27,28)13(29,30)14(31,32)15(33,34)16(35,36)37/h2-5H,1H3. The third-order valence-corrected chi connectivity index (χ3v) is 6.10. The van der Waals surface area contributed by atoms with E-state index in [1.165, 1.54) is 0 Å². The summed E-state index contributed by atoms with van der Waals surface area (Å²) in [6.07, 6.45) is -8.00. The van der Waals surface area contributed by atoms with E-state index in [0.717, 1.165) is 11.4 Å². The van der Waals surface area contributed by atoms with Gasteiger partial charge in [-0.2, -0.15) is 92.2 Å². The first kappa shape index (κ1) is 34.3. The topological polar surface area (TPSA) is 0 Å². The van der Waals surface area contributed by atoms with Gasteiger partial charge in [0.2, 0.25) is 0 Å². The van der Waals surface area contributed by atoms with Crippen LogP contribution in [0.2, 0.25) is 0 Å². The molecule has 0 saturated heterocycles. The molecule has 0 aliphatic rings. The molecule has 0 aliphatic heterocycles. The second kappa shape index (κ2) is 8.87. The maximum atomic E-state index is 14.1. The zero-order valence-electron chi connectivity index (χ0n) is 17.2. The van der Waals surface area contributed by atoms with Gasteiger partial charge in [-0.15, -0.1) is 11.3 Å². The van der Waals surface area contributed by atoms with Crippen LogP contribution in [0.15, 0.2) is 17.5 Å². The number of rotatable bonds is 10. The smallest absolute Gasteiger partial charge is 0.199 e. The van der Waals surface area contributed by atoms with Gasteiger partial charge < -0.3 is 0 Å². The van der Waals surface area contributed by atoms with Gasteiger partial charge in [0.1, 0.15) is 0 Å². The van der Waals surface area contributed by atoms with Crippen molar-refractivity contribution in [3.05, 3.63) is 22.4 Å². The van der Waals surface area contributed by atoms with Gasteiger partial charge in [-0.05, 0) is 11.4 Å². The van der Waals surface area contributed by atoms with Crippen molar-refractivity contribution >= 4 is 11.3 Å². The highest BCUT2D eigenvalue weighted by molar-refractivity contribution is 7.10. The monoisotopic (exact) mass is 630 g/mol. The third kappa shape index (κ3) is 4.08. The van der Waals surface area contributed by atoms with Crippen LogP contribution in [0.4, 0.5) is 92.2 Å². The minimum absolute atomic E-state index is 0.0529. The molecular weight excluding hydrogens is 623 g/mol. The Morgan fingerprint density at radius 1 is 0.474 bits per heavy atom. The van der Waals surface area contributed by atoms with E-state index < -0.39 is 70.3 Å². The summed E-state index contributed by atoms with van der Waals surface area (Å²) in [5.41, 5.74) is 0. The Bertz CT molecular complexity index is 970. The van der Waals surface area contributed by atoms with Crippen molar-refractivity contribution in [1.82, 2.24) is 0 Å². The summed E-state index contributed by atoms with van der Waals surface area (Å²) in [4.78, 5) is -1.05.